The summed E-state index contributed by atoms with van der Waals surface area (Å²) in [4.78, 5) is 24.6. The number of amides is 1. The molecular formula is C20H20N2O5. The van der Waals surface area contributed by atoms with Crippen LogP contribution in [0.15, 0.2) is 48.7 Å². The maximum atomic E-state index is 12.6. The molecule has 0 unspecified atom stereocenters. The van der Waals surface area contributed by atoms with Crippen LogP contribution in [0.4, 0.5) is 5.69 Å². The molecule has 0 saturated heterocycles. The van der Waals surface area contributed by atoms with E-state index in [2.05, 4.69) is 5.32 Å². The molecule has 0 atom stereocenters. The number of benzene rings is 2. The lowest BCUT2D eigenvalue weighted by Crippen LogP contribution is -2.18. The van der Waals surface area contributed by atoms with E-state index < -0.39 is 5.97 Å². The Kier molecular flexibility index (Phi) is 5.30. The topological polar surface area (TPSA) is 78.8 Å². The number of rotatable bonds is 6. The second kappa shape index (κ2) is 7.82. The molecule has 0 spiro atoms. The zero-order valence-corrected chi connectivity index (χ0v) is 15.3. The van der Waals surface area contributed by atoms with Crippen molar-refractivity contribution in [3.8, 4) is 11.5 Å². The molecule has 0 radical (unpaired) electrons. The largest absolute Gasteiger partial charge is 0.497 e. The molecule has 27 heavy (non-hydrogen) atoms. The van der Waals surface area contributed by atoms with Gasteiger partial charge in [-0.15, -0.1) is 0 Å². The first-order valence-electron chi connectivity index (χ1n) is 8.25. The molecule has 0 bridgehead atoms. The molecule has 1 amide bonds. The maximum absolute atomic E-state index is 12.6. The van der Waals surface area contributed by atoms with Crippen molar-refractivity contribution in [3.63, 3.8) is 0 Å². The Hall–Kier alpha value is -3.48. The van der Waals surface area contributed by atoms with E-state index in [0.717, 1.165) is 10.9 Å². The Balaban J connectivity index is 1.88. The Morgan fingerprint density at radius 2 is 1.81 bits per heavy atom. The first-order valence-corrected chi connectivity index (χ1v) is 8.25. The first kappa shape index (κ1) is 18.3. The molecule has 0 aliphatic carbocycles. The van der Waals surface area contributed by atoms with Crippen molar-refractivity contribution in [2.75, 3.05) is 26.6 Å². The van der Waals surface area contributed by atoms with Crippen LogP contribution in [0.5, 0.6) is 11.5 Å². The second-order valence-electron chi connectivity index (χ2n) is 5.79. The van der Waals surface area contributed by atoms with Gasteiger partial charge in [0.25, 0.3) is 0 Å². The minimum Gasteiger partial charge on any atom is -0.497 e. The van der Waals surface area contributed by atoms with Crippen LogP contribution in [0, 0.1) is 0 Å². The van der Waals surface area contributed by atoms with Gasteiger partial charge in [0.2, 0.25) is 5.91 Å². The smallest absolute Gasteiger partial charge is 0.340 e. The molecule has 3 aromatic rings. The molecule has 2 aromatic carbocycles. The molecule has 1 aromatic heterocycles. The van der Waals surface area contributed by atoms with Crippen molar-refractivity contribution < 1.29 is 23.8 Å². The van der Waals surface area contributed by atoms with Crippen LogP contribution in [0.25, 0.3) is 10.9 Å². The number of nitrogens with one attached hydrogen (secondary N) is 1. The minimum atomic E-state index is -0.445. The van der Waals surface area contributed by atoms with Gasteiger partial charge in [-0.25, -0.2) is 4.79 Å². The van der Waals surface area contributed by atoms with Crippen LogP contribution < -0.4 is 14.8 Å². The van der Waals surface area contributed by atoms with Crippen molar-refractivity contribution >= 4 is 28.5 Å². The average molecular weight is 368 g/mol. The summed E-state index contributed by atoms with van der Waals surface area (Å²) in [5.41, 5.74) is 1.69. The summed E-state index contributed by atoms with van der Waals surface area (Å²) in [5, 5.41) is 3.55. The number of methoxy groups -OCH3 is 3. The van der Waals surface area contributed by atoms with E-state index in [1.54, 1.807) is 36.1 Å². The maximum Gasteiger partial charge on any atom is 0.340 e. The average Bonchev–Trinajstić information content (AvgIpc) is 3.05. The fourth-order valence-electron chi connectivity index (χ4n) is 2.91. The summed E-state index contributed by atoms with van der Waals surface area (Å²) in [6.07, 6.45) is 1.62. The molecule has 3 rings (SSSR count). The standard InChI is InChI=1S/C20H20N2O5/c1-25-13-8-9-18(26-2)16(10-13)21-19(23)12-22-11-15(20(24)27-3)14-6-4-5-7-17(14)22/h4-11H,12H2,1-3H3,(H,21,23). The summed E-state index contributed by atoms with van der Waals surface area (Å²) in [6, 6.07) is 12.5. The highest BCUT2D eigenvalue weighted by Crippen LogP contribution is 2.29. The quantitative estimate of drug-likeness (QED) is 0.677. The third-order valence-electron chi connectivity index (χ3n) is 4.19. The van der Waals surface area contributed by atoms with Crippen LogP contribution in [0.1, 0.15) is 10.4 Å². The molecule has 0 saturated carbocycles. The van der Waals surface area contributed by atoms with Gasteiger partial charge in [0.1, 0.15) is 18.0 Å². The number of anilines is 1. The molecule has 0 aliphatic rings. The highest BCUT2D eigenvalue weighted by molar-refractivity contribution is 6.05. The molecule has 7 nitrogen and oxygen atoms in total. The Bertz CT molecular complexity index is 993. The van der Waals surface area contributed by atoms with Crippen LogP contribution >= 0.6 is 0 Å². The number of carbonyl (C=O) groups is 2. The third-order valence-corrected chi connectivity index (χ3v) is 4.19. The van der Waals surface area contributed by atoms with E-state index in [-0.39, 0.29) is 12.5 Å². The number of esters is 1. The van der Waals surface area contributed by atoms with E-state index in [0.29, 0.717) is 22.7 Å². The Morgan fingerprint density at radius 3 is 2.52 bits per heavy atom. The van der Waals surface area contributed by atoms with E-state index >= 15 is 0 Å². The van der Waals surface area contributed by atoms with Gasteiger partial charge in [-0.1, -0.05) is 18.2 Å². The lowest BCUT2D eigenvalue weighted by atomic mass is 10.2. The lowest BCUT2D eigenvalue weighted by molar-refractivity contribution is -0.116. The van der Waals surface area contributed by atoms with Crippen LogP contribution in [-0.2, 0) is 16.1 Å². The van der Waals surface area contributed by atoms with Gasteiger partial charge in [0.15, 0.2) is 0 Å². The monoisotopic (exact) mass is 368 g/mol. The SMILES string of the molecule is COC(=O)c1cn(CC(=O)Nc2cc(OC)ccc2OC)c2ccccc12. The van der Waals surface area contributed by atoms with E-state index in [4.69, 9.17) is 14.2 Å². The molecule has 1 heterocycles. The van der Waals surface area contributed by atoms with Gasteiger partial charge < -0.3 is 24.1 Å². The van der Waals surface area contributed by atoms with Crippen molar-refractivity contribution in [1.29, 1.82) is 0 Å². The number of nitrogens with zero attached hydrogens (tertiary/aromatic N) is 1. The van der Waals surface area contributed by atoms with Crippen molar-refractivity contribution in [1.82, 2.24) is 4.57 Å². The van der Waals surface area contributed by atoms with Crippen molar-refractivity contribution in [3.05, 3.63) is 54.2 Å². The fourth-order valence-corrected chi connectivity index (χ4v) is 2.91. The normalized spacial score (nSPS) is 10.5. The number of ether oxygens (including phenoxy) is 3. The Labute approximate surface area is 156 Å². The van der Waals surface area contributed by atoms with Crippen molar-refractivity contribution in [2.24, 2.45) is 0 Å². The number of hydrogen-bond donors (Lipinski definition) is 1. The summed E-state index contributed by atoms with van der Waals surface area (Å²) in [5.74, 6) is 0.417. The molecule has 1 N–H and O–H groups in total. The zero-order valence-electron chi connectivity index (χ0n) is 15.3. The highest BCUT2D eigenvalue weighted by Gasteiger charge is 2.17. The van der Waals surface area contributed by atoms with Crippen LogP contribution in [0.3, 0.4) is 0 Å². The third kappa shape index (κ3) is 3.72. The number of fused-ring (bicyclic) bond motifs is 1. The van der Waals surface area contributed by atoms with Gasteiger partial charge in [0.05, 0.1) is 32.6 Å². The van der Waals surface area contributed by atoms with Crippen LogP contribution in [-0.4, -0.2) is 37.8 Å². The predicted octanol–water partition coefficient (Wildman–Crippen LogP) is 3.08. The van der Waals surface area contributed by atoms with Gasteiger partial charge in [-0.05, 0) is 18.2 Å². The number of aromatic nitrogens is 1. The number of para-hydroxylation sites is 1. The summed E-state index contributed by atoms with van der Waals surface area (Å²) in [7, 11) is 4.41. The minimum absolute atomic E-state index is 0.0257. The summed E-state index contributed by atoms with van der Waals surface area (Å²) < 4.78 is 17.0. The first-order chi connectivity index (χ1) is 13.1. The van der Waals surface area contributed by atoms with Gasteiger partial charge in [0, 0.05) is 23.2 Å². The second-order valence-corrected chi connectivity index (χ2v) is 5.79. The van der Waals surface area contributed by atoms with E-state index in [1.165, 1.54) is 14.2 Å². The number of carbonyl (C=O) groups excluding carboxylic acids is 2. The molecule has 7 heteroatoms. The molecule has 140 valence electrons. The lowest BCUT2D eigenvalue weighted by Gasteiger charge is -2.12. The highest BCUT2D eigenvalue weighted by atomic mass is 16.5. The van der Waals surface area contributed by atoms with Crippen molar-refractivity contribution in [2.45, 2.75) is 6.54 Å². The number of hydrogen-bond acceptors (Lipinski definition) is 5. The Morgan fingerprint density at radius 1 is 1.04 bits per heavy atom. The molecular weight excluding hydrogens is 348 g/mol. The molecule has 0 fully saturated rings. The van der Waals surface area contributed by atoms with E-state index in [9.17, 15) is 9.59 Å². The fraction of sp³-hybridized carbons (Fsp3) is 0.200. The predicted molar refractivity (Wildman–Crippen MR) is 101 cm³/mol. The zero-order chi connectivity index (χ0) is 19.4. The molecule has 0 aliphatic heterocycles. The van der Waals surface area contributed by atoms with Crippen LogP contribution in [0.2, 0.25) is 0 Å². The van der Waals surface area contributed by atoms with Gasteiger partial charge >= 0.3 is 5.97 Å². The van der Waals surface area contributed by atoms with Gasteiger partial charge in [-0.3, -0.25) is 4.79 Å². The van der Waals surface area contributed by atoms with E-state index in [1.807, 2.05) is 24.3 Å². The summed E-state index contributed by atoms with van der Waals surface area (Å²) in [6.45, 7) is 0.0257. The van der Waals surface area contributed by atoms with Gasteiger partial charge in [-0.2, -0.15) is 0 Å². The summed E-state index contributed by atoms with van der Waals surface area (Å²) >= 11 is 0.